The van der Waals surface area contributed by atoms with Gasteiger partial charge in [-0.2, -0.15) is 0 Å². The predicted molar refractivity (Wildman–Crippen MR) is 85.9 cm³/mol. The SMILES string of the molecule is NC(=S)c1ccc(Cl)cc1Oc1ccc2c(c1)CCC2. The first kappa shape index (κ1) is 13.4. The molecule has 0 atom stereocenters. The lowest BCUT2D eigenvalue weighted by molar-refractivity contribution is 0.481. The largest absolute Gasteiger partial charge is 0.457 e. The van der Waals surface area contributed by atoms with E-state index < -0.39 is 0 Å². The summed E-state index contributed by atoms with van der Waals surface area (Å²) in [6.07, 6.45) is 3.49. The van der Waals surface area contributed by atoms with Crippen LogP contribution in [0.5, 0.6) is 11.5 Å². The van der Waals surface area contributed by atoms with Crippen molar-refractivity contribution in [2.24, 2.45) is 5.73 Å². The number of halogens is 1. The molecule has 3 rings (SSSR count). The highest BCUT2D eigenvalue weighted by Crippen LogP contribution is 2.31. The average Bonchev–Trinajstić information content (AvgIpc) is 2.85. The molecule has 102 valence electrons. The minimum Gasteiger partial charge on any atom is -0.457 e. The summed E-state index contributed by atoms with van der Waals surface area (Å²) in [5.74, 6) is 1.40. The van der Waals surface area contributed by atoms with Crippen molar-refractivity contribution < 1.29 is 4.74 Å². The number of ether oxygens (including phenoxy) is 1. The molecule has 2 aromatic rings. The fourth-order valence-corrected chi connectivity index (χ4v) is 2.85. The normalized spacial score (nSPS) is 13.1. The van der Waals surface area contributed by atoms with E-state index in [1.807, 2.05) is 6.07 Å². The summed E-state index contributed by atoms with van der Waals surface area (Å²) in [4.78, 5) is 0.304. The molecule has 0 aliphatic heterocycles. The first-order chi connectivity index (χ1) is 9.63. The van der Waals surface area contributed by atoms with E-state index in [0.29, 0.717) is 21.3 Å². The summed E-state index contributed by atoms with van der Waals surface area (Å²) < 4.78 is 5.92. The van der Waals surface area contributed by atoms with Crippen LogP contribution >= 0.6 is 23.8 Å². The van der Waals surface area contributed by atoms with E-state index in [1.54, 1.807) is 18.2 Å². The molecular formula is C16H14ClNOS. The van der Waals surface area contributed by atoms with Crippen molar-refractivity contribution in [2.45, 2.75) is 19.3 Å². The van der Waals surface area contributed by atoms with Crippen LogP contribution in [-0.4, -0.2) is 4.99 Å². The molecule has 1 aliphatic rings. The molecule has 0 radical (unpaired) electrons. The van der Waals surface area contributed by atoms with Crippen LogP contribution in [0.2, 0.25) is 5.02 Å². The maximum Gasteiger partial charge on any atom is 0.139 e. The third kappa shape index (κ3) is 2.65. The second kappa shape index (κ2) is 5.43. The molecule has 4 heteroatoms. The summed E-state index contributed by atoms with van der Waals surface area (Å²) >= 11 is 11.1. The topological polar surface area (TPSA) is 35.2 Å². The van der Waals surface area contributed by atoms with Crippen LogP contribution in [0, 0.1) is 0 Å². The van der Waals surface area contributed by atoms with E-state index in [2.05, 4.69) is 12.1 Å². The van der Waals surface area contributed by atoms with Crippen molar-refractivity contribution in [1.82, 2.24) is 0 Å². The molecule has 0 amide bonds. The van der Waals surface area contributed by atoms with E-state index in [0.717, 1.165) is 18.6 Å². The summed E-state index contributed by atoms with van der Waals surface area (Å²) in [7, 11) is 0. The summed E-state index contributed by atoms with van der Waals surface area (Å²) in [6, 6.07) is 11.5. The fraction of sp³-hybridized carbons (Fsp3) is 0.188. The molecule has 2 N–H and O–H groups in total. The lowest BCUT2D eigenvalue weighted by Crippen LogP contribution is -2.10. The Labute approximate surface area is 128 Å². The number of hydrogen-bond donors (Lipinski definition) is 1. The molecule has 2 nitrogen and oxygen atoms in total. The highest BCUT2D eigenvalue weighted by molar-refractivity contribution is 7.80. The number of rotatable bonds is 3. The van der Waals surface area contributed by atoms with Crippen LogP contribution < -0.4 is 10.5 Å². The van der Waals surface area contributed by atoms with Gasteiger partial charge in [-0.3, -0.25) is 0 Å². The number of nitrogens with two attached hydrogens (primary N) is 1. The predicted octanol–water partition coefficient (Wildman–Crippen LogP) is 4.26. The molecular weight excluding hydrogens is 290 g/mol. The number of benzene rings is 2. The molecule has 0 unspecified atom stereocenters. The Morgan fingerprint density at radius 2 is 1.90 bits per heavy atom. The molecule has 0 fully saturated rings. The van der Waals surface area contributed by atoms with Gasteiger partial charge in [0, 0.05) is 11.1 Å². The van der Waals surface area contributed by atoms with Crippen LogP contribution in [0.1, 0.15) is 23.1 Å². The van der Waals surface area contributed by atoms with Crippen molar-refractivity contribution in [3.8, 4) is 11.5 Å². The number of aryl methyl sites for hydroxylation is 2. The van der Waals surface area contributed by atoms with Crippen LogP contribution in [0.3, 0.4) is 0 Å². The Morgan fingerprint density at radius 3 is 2.70 bits per heavy atom. The van der Waals surface area contributed by atoms with Gasteiger partial charge in [0.25, 0.3) is 0 Å². The fourth-order valence-electron chi connectivity index (χ4n) is 2.52. The second-order valence-corrected chi connectivity index (χ2v) is 5.77. The molecule has 0 heterocycles. The second-order valence-electron chi connectivity index (χ2n) is 4.89. The number of hydrogen-bond acceptors (Lipinski definition) is 2. The Bertz CT molecular complexity index is 684. The minimum atomic E-state index is 0.304. The minimum absolute atomic E-state index is 0.304. The molecule has 0 saturated carbocycles. The van der Waals surface area contributed by atoms with E-state index in [1.165, 1.54) is 17.5 Å². The van der Waals surface area contributed by atoms with Gasteiger partial charge in [0.05, 0.1) is 5.56 Å². The van der Waals surface area contributed by atoms with Crippen LogP contribution in [-0.2, 0) is 12.8 Å². The van der Waals surface area contributed by atoms with Crippen molar-refractivity contribution in [2.75, 3.05) is 0 Å². The van der Waals surface area contributed by atoms with E-state index >= 15 is 0 Å². The molecule has 0 bridgehead atoms. The van der Waals surface area contributed by atoms with Crippen LogP contribution in [0.4, 0.5) is 0 Å². The molecule has 2 aromatic carbocycles. The Hall–Kier alpha value is -1.58. The Morgan fingerprint density at radius 1 is 1.10 bits per heavy atom. The summed E-state index contributed by atoms with van der Waals surface area (Å²) in [5.41, 5.74) is 9.19. The Kier molecular flexibility index (Phi) is 3.64. The maximum absolute atomic E-state index is 6.02. The van der Waals surface area contributed by atoms with Gasteiger partial charge in [0.15, 0.2) is 0 Å². The average molecular weight is 304 g/mol. The van der Waals surface area contributed by atoms with E-state index in [9.17, 15) is 0 Å². The lowest BCUT2D eigenvalue weighted by Gasteiger charge is -2.12. The van der Waals surface area contributed by atoms with Crippen molar-refractivity contribution in [3.63, 3.8) is 0 Å². The molecule has 0 saturated heterocycles. The molecule has 1 aliphatic carbocycles. The van der Waals surface area contributed by atoms with Crippen molar-refractivity contribution in [3.05, 3.63) is 58.1 Å². The zero-order chi connectivity index (χ0) is 14.1. The molecule has 0 aromatic heterocycles. The van der Waals surface area contributed by atoms with E-state index in [-0.39, 0.29) is 0 Å². The quantitative estimate of drug-likeness (QED) is 0.861. The lowest BCUT2D eigenvalue weighted by atomic mass is 10.1. The van der Waals surface area contributed by atoms with E-state index in [4.69, 9.17) is 34.3 Å². The smallest absolute Gasteiger partial charge is 0.139 e. The first-order valence-corrected chi connectivity index (χ1v) is 7.31. The third-order valence-electron chi connectivity index (χ3n) is 3.51. The summed E-state index contributed by atoms with van der Waals surface area (Å²) in [5, 5.41) is 0.598. The highest BCUT2D eigenvalue weighted by Gasteiger charge is 2.13. The van der Waals surface area contributed by atoms with Gasteiger partial charge in [0.1, 0.15) is 16.5 Å². The van der Waals surface area contributed by atoms with Gasteiger partial charge in [-0.25, -0.2) is 0 Å². The Balaban J connectivity index is 1.95. The zero-order valence-corrected chi connectivity index (χ0v) is 12.4. The number of thiocarbonyl (C=S) groups is 1. The van der Waals surface area contributed by atoms with Gasteiger partial charge < -0.3 is 10.5 Å². The third-order valence-corrected chi connectivity index (χ3v) is 3.96. The van der Waals surface area contributed by atoms with Gasteiger partial charge in [0.2, 0.25) is 0 Å². The molecule has 20 heavy (non-hydrogen) atoms. The highest BCUT2D eigenvalue weighted by atomic mass is 35.5. The van der Waals surface area contributed by atoms with Crippen LogP contribution in [0.25, 0.3) is 0 Å². The van der Waals surface area contributed by atoms with Gasteiger partial charge in [-0.15, -0.1) is 0 Å². The maximum atomic E-state index is 6.02. The van der Waals surface area contributed by atoms with Gasteiger partial charge in [-0.05, 0) is 54.7 Å². The zero-order valence-electron chi connectivity index (χ0n) is 10.9. The first-order valence-electron chi connectivity index (χ1n) is 6.52. The number of fused-ring (bicyclic) bond motifs is 1. The van der Waals surface area contributed by atoms with Gasteiger partial charge >= 0.3 is 0 Å². The van der Waals surface area contributed by atoms with Crippen molar-refractivity contribution >= 4 is 28.8 Å². The molecule has 0 spiro atoms. The summed E-state index contributed by atoms with van der Waals surface area (Å²) in [6.45, 7) is 0. The van der Waals surface area contributed by atoms with Gasteiger partial charge in [-0.1, -0.05) is 29.9 Å². The standard InChI is InChI=1S/C16H14ClNOS/c17-12-5-7-14(16(18)20)15(9-12)19-13-6-4-10-2-1-3-11(10)8-13/h4-9H,1-3H2,(H2,18,20). The van der Waals surface area contributed by atoms with Crippen molar-refractivity contribution in [1.29, 1.82) is 0 Å². The van der Waals surface area contributed by atoms with Crippen LogP contribution in [0.15, 0.2) is 36.4 Å². The monoisotopic (exact) mass is 303 g/mol.